The van der Waals surface area contributed by atoms with Gasteiger partial charge in [-0.1, -0.05) is 35.2 Å². The molecule has 2 N–H and O–H groups in total. The largest absolute Gasteiger partial charge is 0.360 e. The first-order valence-corrected chi connectivity index (χ1v) is 8.99. The van der Waals surface area contributed by atoms with Crippen LogP contribution in [-0.4, -0.2) is 27.9 Å². The number of thioether (sulfide) groups is 1. The lowest BCUT2D eigenvalue weighted by Crippen LogP contribution is -2.33. The molecular weight excluding hydrogens is 335 g/mol. The monoisotopic (exact) mass is 354 g/mol. The van der Waals surface area contributed by atoms with E-state index in [0.29, 0.717) is 0 Å². The van der Waals surface area contributed by atoms with Gasteiger partial charge < -0.3 is 10.6 Å². The van der Waals surface area contributed by atoms with Gasteiger partial charge in [0.25, 0.3) is 0 Å². The molecule has 2 atom stereocenters. The van der Waals surface area contributed by atoms with E-state index in [9.17, 15) is 9.18 Å². The van der Waals surface area contributed by atoms with Gasteiger partial charge in [0.1, 0.15) is 5.82 Å². The summed E-state index contributed by atoms with van der Waals surface area (Å²) in [5, 5.41) is 14.5. The van der Waals surface area contributed by atoms with E-state index in [4.69, 9.17) is 0 Å². The van der Waals surface area contributed by atoms with Gasteiger partial charge in [-0.25, -0.2) is 4.39 Å². The van der Waals surface area contributed by atoms with Crippen LogP contribution >= 0.6 is 23.1 Å². The average Bonchev–Trinajstić information content (AvgIpc) is 2.95. The summed E-state index contributed by atoms with van der Waals surface area (Å²) in [6.45, 7) is 6.47. The number of amides is 1. The summed E-state index contributed by atoms with van der Waals surface area (Å²) in [6.07, 6.45) is 0. The fourth-order valence-electron chi connectivity index (χ4n) is 1.85. The molecule has 1 aromatic carbocycles. The zero-order chi connectivity index (χ0) is 16.8. The number of anilines is 1. The molecule has 0 bridgehead atoms. The normalized spacial score (nSPS) is 13.4. The van der Waals surface area contributed by atoms with Gasteiger partial charge in [0.2, 0.25) is 11.0 Å². The number of halogens is 1. The van der Waals surface area contributed by atoms with Gasteiger partial charge in [-0.2, -0.15) is 0 Å². The lowest BCUT2D eigenvalue weighted by atomic mass is 10.1. The van der Waals surface area contributed by atoms with Crippen LogP contribution in [0.5, 0.6) is 0 Å². The van der Waals surface area contributed by atoms with E-state index in [1.165, 1.54) is 35.2 Å². The molecule has 2 rings (SSSR count). The fourth-order valence-corrected chi connectivity index (χ4v) is 3.82. The Balaban J connectivity index is 1.89. The molecule has 0 unspecified atom stereocenters. The molecule has 124 valence electrons. The SMILES string of the molecule is CCNc1nnc(S[C@H](C)C(=O)N[C@@H](C)c2ccc(F)cc2)s1. The zero-order valence-electron chi connectivity index (χ0n) is 13.2. The van der Waals surface area contributed by atoms with Crippen LogP contribution in [-0.2, 0) is 4.79 Å². The van der Waals surface area contributed by atoms with Gasteiger partial charge in [0, 0.05) is 6.54 Å². The summed E-state index contributed by atoms with van der Waals surface area (Å²) in [4.78, 5) is 12.3. The van der Waals surface area contributed by atoms with Crippen molar-refractivity contribution in [3.8, 4) is 0 Å². The van der Waals surface area contributed by atoms with Crippen molar-refractivity contribution >= 4 is 34.1 Å². The van der Waals surface area contributed by atoms with Crippen molar-refractivity contribution in [2.75, 3.05) is 11.9 Å². The molecule has 0 aliphatic carbocycles. The highest BCUT2D eigenvalue weighted by atomic mass is 32.2. The molecule has 0 saturated heterocycles. The average molecular weight is 354 g/mol. The van der Waals surface area contributed by atoms with Crippen molar-refractivity contribution in [2.45, 2.75) is 36.4 Å². The van der Waals surface area contributed by atoms with E-state index in [1.807, 2.05) is 20.8 Å². The van der Waals surface area contributed by atoms with Crippen LogP contribution in [0.2, 0.25) is 0 Å². The quantitative estimate of drug-likeness (QED) is 0.745. The highest BCUT2D eigenvalue weighted by Gasteiger charge is 2.19. The summed E-state index contributed by atoms with van der Waals surface area (Å²) >= 11 is 2.80. The van der Waals surface area contributed by atoms with Crippen LogP contribution in [0, 0.1) is 5.82 Å². The van der Waals surface area contributed by atoms with Crippen LogP contribution in [0.15, 0.2) is 28.6 Å². The van der Waals surface area contributed by atoms with E-state index in [-0.39, 0.29) is 23.0 Å². The highest BCUT2D eigenvalue weighted by Crippen LogP contribution is 2.29. The standard InChI is InChI=1S/C15H19FN4OS2/c1-4-17-14-19-20-15(23-14)22-10(3)13(21)18-9(2)11-5-7-12(16)8-6-11/h5-10H,4H2,1-3H3,(H,17,19)(H,18,21)/t9-,10+/m0/s1. The lowest BCUT2D eigenvalue weighted by Gasteiger charge is -2.17. The van der Waals surface area contributed by atoms with Crippen LogP contribution in [0.1, 0.15) is 32.4 Å². The number of hydrogen-bond donors (Lipinski definition) is 2. The maximum atomic E-state index is 12.9. The Bertz CT molecular complexity index is 647. The van der Waals surface area contributed by atoms with Crippen molar-refractivity contribution in [3.63, 3.8) is 0 Å². The molecule has 1 heterocycles. The van der Waals surface area contributed by atoms with Crippen LogP contribution < -0.4 is 10.6 Å². The summed E-state index contributed by atoms with van der Waals surface area (Å²) in [6, 6.07) is 5.94. The zero-order valence-corrected chi connectivity index (χ0v) is 14.8. The molecule has 0 saturated carbocycles. The van der Waals surface area contributed by atoms with Crippen molar-refractivity contribution in [2.24, 2.45) is 0 Å². The number of nitrogens with zero attached hydrogens (tertiary/aromatic N) is 2. The Morgan fingerprint density at radius 3 is 2.65 bits per heavy atom. The minimum Gasteiger partial charge on any atom is -0.360 e. The first-order chi connectivity index (χ1) is 11.0. The fraction of sp³-hybridized carbons (Fsp3) is 0.400. The minimum atomic E-state index is -0.291. The Morgan fingerprint density at radius 2 is 2.00 bits per heavy atom. The molecule has 2 aromatic rings. The molecule has 5 nitrogen and oxygen atoms in total. The predicted molar refractivity (Wildman–Crippen MR) is 92.3 cm³/mol. The third kappa shape index (κ3) is 5.18. The summed E-state index contributed by atoms with van der Waals surface area (Å²) < 4.78 is 13.7. The van der Waals surface area contributed by atoms with E-state index in [2.05, 4.69) is 20.8 Å². The first-order valence-electron chi connectivity index (χ1n) is 7.29. The van der Waals surface area contributed by atoms with E-state index in [0.717, 1.165) is 21.6 Å². The molecule has 0 aliphatic heterocycles. The van der Waals surface area contributed by atoms with Crippen molar-refractivity contribution in [1.29, 1.82) is 0 Å². The number of aromatic nitrogens is 2. The smallest absolute Gasteiger partial charge is 0.233 e. The molecule has 23 heavy (non-hydrogen) atoms. The maximum absolute atomic E-state index is 12.9. The van der Waals surface area contributed by atoms with Crippen molar-refractivity contribution in [1.82, 2.24) is 15.5 Å². The maximum Gasteiger partial charge on any atom is 0.233 e. The number of hydrogen-bond acceptors (Lipinski definition) is 6. The second-order valence-corrected chi connectivity index (χ2v) is 7.51. The Kier molecular flexibility index (Phi) is 6.35. The van der Waals surface area contributed by atoms with Crippen molar-refractivity contribution in [3.05, 3.63) is 35.6 Å². The number of nitrogens with one attached hydrogen (secondary N) is 2. The van der Waals surface area contributed by atoms with Gasteiger partial charge in [-0.3, -0.25) is 4.79 Å². The third-order valence-electron chi connectivity index (χ3n) is 3.11. The number of rotatable bonds is 7. The topological polar surface area (TPSA) is 66.9 Å². The highest BCUT2D eigenvalue weighted by molar-refractivity contribution is 8.02. The number of carbonyl (C=O) groups is 1. The minimum absolute atomic E-state index is 0.0907. The van der Waals surface area contributed by atoms with Gasteiger partial charge in [-0.05, 0) is 38.5 Å². The third-order valence-corrected chi connectivity index (χ3v) is 5.18. The number of benzene rings is 1. The molecule has 1 amide bonds. The Labute approximate surface area is 143 Å². The Morgan fingerprint density at radius 1 is 1.30 bits per heavy atom. The lowest BCUT2D eigenvalue weighted by molar-refractivity contribution is -0.120. The van der Waals surface area contributed by atoms with Crippen LogP contribution in [0.4, 0.5) is 9.52 Å². The predicted octanol–water partition coefficient (Wildman–Crippen LogP) is 3.47. The molecule has 8 heteroatoms. The summed E-state index contributed by atoms with van der Waals surface area (Å²) in [5.41, 5.74) is 0.863. The van der Waals surface area contributed by atoms with E-state index >= 15 is 0 Å². The summed E-state index contributed by atoms with van der Waals surface area (Å²) in [5.74, 6) is -0.379. The second kappa shape index (κ2) is 8.26. The molecular formula is C15H19FN4OS2. The van der Waals surface area contributed by atoms with Gasteiger partial charge in [0.15, 0.2) is 4.34 Å². The van der Waals surface area contributed by atoms with Crippen molar-refractivity contribution < 1.29 is 9.18 Å². The van der Waals surface area contributed by atoms with Crippen LogP contribution in [0.3, 0.4) is 0 Å². The molecule has 0 fully saturated rings. The van der Waals surface area contributed by atoms with Gasteiger partial charge in [0.05, 0.1) is 11.3 Å². The van der Waals surface area contributed by atoms with Gasteiger partial charge >= 0.3 is 0 Å². The summed E-state index contributed by atoms with van der Waals surface area (Å²) in [7, 11) is 0. The van der Waals surface area contributed by atoms with Gasteiger partial charge in [-0.15, -0.1) is 10.2 Å². The van der Waals surface area contributed by atoms with E-state index in [1.54, 1.807) is 12.1 Å². The number of carbonyl (C=O) groups excluding carboxylic acids is 1. The first kappa shape index (κ1) is 17.7. The second-order valence-electron chi connectivity index (χ2n) is 4.95. The molecule has 1 aromatic heterocycles. The molecule has 0 radical (unpaired) electrons. The Hall–Kier alpha value is -1.67. The van der Waals surface area contributed by atoms with Crippen LogP contribution in [0.25, 0.3) is 0 Å². The molecule has 0 spiro atoms. The molecule has 0 aliphatic rings. The van der Waals surface area contributed by atoms with E-state index < -0.39 is 0 Å².